The number of nitrogens with two attached hydrogens (primary N) is 1. The highest BCUT2D eigenvalue weighted by Gasteiger charge is 2.29. The fraction of sp³-hybridized carbons (Fsp3) is 0.571. The van der Waals surface area contributed by atoms with Gasteiger partial charge >= 0.3 is 5.51 Å². The Morgan fingerprint density at radius 2 is 1.95 bits per heavy atom. The maximum atomic E-state index is 12.2. The number of thioether (sulfide) groups is 1. The van der Waals surface area contributed by atoms with Gasteiger partial charge in [-0.15, -0.1) is 12.4 Å². The molecule has 0 bridgehead atoms. The normalized spacial score (nSPS) is 21.1. The Balaban J connectivity index is 0.00000220. The molecule has 0 radical (unpaired) electrons. The summed E-state index contributed by atoms with van der Waals surface area (Å²) in [5.41, 5.74) is 2.72. The predicted molar refractivity (Wildman–Crippen MR) is 82.6 cm³/mol. The van der Waals surface area contributed by atoms with E-state index in [9.17, 15) is 13.2 Å². The number of benzene rings is 1. The molecule has 2 atom stereocenters. The molecule has 1 saturated heterocycles. The molecule has 21 heavy (non-hydrogen) atoms. The number of alkyl halides is 3. The maximum absolute atomic E-state index is 12.2. The minimum Gasteiger partial charge on any atom is -0.328 e. The van der Waals surface area contributed by atoms with E-state index in [0.29, 0.717) is 5.92 Å². The van der Waals surface area contributed by atoms with Gasteiger partial charge in [0.05, 0.1) is 0 Å². The summed E-state index contributed by atoms with van der Waals surface area (Å²) in [7, 11) is 0. The van der Waals surface area contributed by atoms with Gasteiger partial charge in [0.15, 0.2) is 0 Å². The fourth-order valence-corrected chi connectivity index (χ4v) is 3.03. The third-order valence-corrected chi connectivity index (χ3v) is 4.35. The van der Waals surface area contributed by atoms with Crippen molar-refractivity contribution in [3.05, 3.63) is 29.8 Å². The lowest BCUT2D eigenvalue weighted by atomic mass is 10.0. The minimum absolute atomic E-state index is 0. The Morgan fingerprint density at radius 1 is 1.33 bits per heavy atom. The van der Waals surface area contributed by atoms with Crippen LogP contribution in [-0.4, -0.2) is 29.5 Å². The SMILES string of the molecule is CC(N)C1CCN(Cc2ccc(SC(F)(F)F)cc2)C1.Cl. The van der Waals surface area contributed by atoms with Crippen LogP contribution in [0.25, 0.3) is 0 Å². The smallest absolute Gasteiger partial charge is 0.328 e. The predicted octanol–water partition coefficient (Wildman–Crippen LogP) is 3.89. The Hall–Kier alpha value is -0.430. The molecule has 120 valence electrons. The minimum atomic E-state index is -4.22. The van der Waals surface area contributed by atoms with Crippen LogP contribution in [0.1, 0.15) is 18.9 Å². The number of hydrogen-bond acceptors (Lipinski definition) is 3. The second-order valence-corrected chi connectivity index (χ2v) is 6.47. The van der Waals surface area contributed by atoms with Crippen LogP contribution in [0.15, 0.2) is 29.2 Å². The van der Waals surface area contributed by atoms with Crippen LogP contribution in [-0.2, 0) is 6.54 Å². The Kier molecular flexibility index (Phi) is 6.84. The lowest BCUT2D eigenvalue weighted by molar-refractivity contribution is -0.0328. The van der Waals surface area contributed by atoms with Gasteiger partial charge in [-0.1, -0.05) is 12.1 Å². The number of likely N-dealkylation sites (tertiary alicyclic amines) is 1. The van der Waals surface area contributed by atoms with E-state index in [1.165, 1.54) is 12.1 Å². The quantitative estimate of drug-likeness (QED) is 0.843. The van der Waals surface area contributed by atoms with Gasteiger partial charge in [-0.25, -0.2) is 0 Å². The monoisotopic (exact) mass is 340 g/mol. The molecule has 1 aliphatic heterocycles. The largest absolute Gasteiger partial charge is 0.446 e. The highest BCUT2D eigenvalue weighted by molar-refractivity contribution is 8.00. The number of rotatable bonds is 4. The molecule has 0 spiro atoms. The molecule has 0 saturated carbocycles. The number of nitrogens with zero attached hydrogens (tertiary/aromatic N) is 1. The average Bonchev–Trinajstić information content (AvgIpc) is 2.78. The summed E-state index contributed by atoms with van der Waals surface area (Å²) in [5.74, 6) is 0.523. The van der Waals surface area contributed by atoms with Crippen LogP contribution < -0.4 is 5.73 Å². The van der Waals surface area contributed by atoms with Crippen molar-refractivity contribution >= 4 is 24.2 Å². The topological polar surface area (TPSA) is 29.3 Å². The van der Waals surface area contributed by atoms with E-state index in [-0.39, 0.29) is 35.1 Å². The molecule has 1 aromatic rings. The zero-order chi connectivity index (χ0) is 14.8. The van der Waals surface area contributed by atoms with Gasteiger partial charge < -0.3 is 5.73 Å². The summed E-state index contributed by atoms with van der Waals surface area (Å²) in [4.78, 5) is 2.54. The van der Waals surface area contributed by atoms with E-state index < -0.39 is 5.51 Å². The summed E-state index contributed by atoms with van der Waals surface area (Å²) in [6, 6.07) is 6.81. The molecule has 0 aromatic heterocycles. The zero-order valence-electron chi connectivity index (χ0n) is 11.8. The van der Waals surface area contributed by atoms with E-state index in [2.05, 4.69) is 4.90 Å². The van der Waals surface area contributed by atoms with Crippen LogP contribution in [0.3, 0.4) is 0 Å². The van der Waals surface area contributed by atoms with Crippen molar-refractivity contribution in [3.8, 4) is 0 Å². The number of hydrogen-bond donors (Lipinski definition) is 1. The molecule has 2 nitrogen and oxygen atoms in total. The summed E-state index contributed by atoms with van der Waals surface area (Å²) in [5, 5.41) is 0. The van der Waals surface area contributed by atoms with E-state index in [0.717, 1.165) is 31.6 Å². The van der Waals surface area contributed by atoms with Crippen LogP contribution in [0.5, 0.6) is 0 Å². The van der Waals surface area contributed by atoms with Crippen LogP contribution >= 0.6 is 24.2 Å². The summed E-state index contributed by atoms with van der Waals surface area (Å²) >= 11 is -0.0736. The zero-order valence-corrected chi connectivity index (χ0v) is 13.4. The van der Waals surface area contributed by atoms with Crippen LogP contribution in [0, 0.1) is 5.92 Å². The highest BCUT2D eigenvalue weighted by atomic mass is 35.5. The number of halogens is 4. The van der Waals surface area contributed by atoms with Gasteiger partial charge in [0.25, 0.3) is 0 Å². The lowest BCUT2D eigenvalue weighted by Crippen LogP contribution is -2.29. The Bertz CT molecular complexity index is 437. The molecule has 2 rings (SSSR count). The van der Waals surface area contributed by atoms with Crippen molar-refractivity contribution in [2.24, 2.45) is 11.7 Å². The molecule has 1 aliphatic rings. The molecular weight excluding hydrogens is 321 g/mol. The summed E-state index contributed by atoms with van der Waals surface area (Å²) < 4.78 is 36.7. The van der Waals surface area contributed by atoms with Gasteiger partial charge in [0, 0.05) is 24.0 Å². The first-order valence-corrected chi connectivity index (χ1v) is 7.48. The maximum Gasteiger partial charge on any atom is 0.446 e. The molecular formula is C14H20ClF3N2S. The van der Waals surface area contributed by atoms with E-state index in [1.807, 2.05) is 6.92 Å². The van der Waals surface area contributed by atoms with Crippen molar-refractivity contribution in [1.29, 1.82) is 0 Å². The Morgan fingerprint density at radius 3 is 2.43 bits per heavy atom. The van der Waals surface area contributed by atoms with Gasteiger partial charge in [-0.2, -0.15) is 13.2 Å². The third kappa shape index (κ3) is 6.06. The second kappa shape index (κ2) is 7.72. The van der Waals surface area contributed by atoms with E-state index in [4.69, 9.17) is 5.73 Å². The molecule has 0 amide bonds. The molecule has 7 heteroatoms. The van der Waals surface area contributed by atoms with Crippen molar-refractivity contribution in [2.75, 3.05) is 13.1 Å². The van der Waals surface area contributed by atoms with Crippen LogP contribution in [0.4, 0.5) is 13.2 Å². The van der Waals surface area contributed by atoms with Crippen LogP contribution in [0.2, 0.25) is 0 Å². The van der Waals surface area contributed by atoms with Crippen molar-refractivity contribution in [1.82, 2.24) is 4.90 Å². The lowest BCUT2D eigenvalue weighted by Gasteiger charge is -2.18. The first-order valence-electron chi connectivity index (χ1n) is 6.66. The van der Waals surface area contributed by atoms with Crippen molar-refractivity contribution in [3.63, 3.8) is 0 Å². The second-order valence-electron chi connectivity index (χ2n) is 5.33. The molecule has 2 unspecified atom stereocenters. The molecule has 1 aromatic carbocycles. The molecule has 1 fully saturated rings. The van der Waals surface area contributed by atoms with Gasteiger partial charge in [0.2, 0.25) is 0 Å². The average molecular weight is 341 g/mol. The standard InChI is InChI=1S/C14H19F3N2S.ClH/c1-10(18)12-6-7-19(9-12)8-11-2-4-13(5-3-11)20-14(15,16)17;/h2-5,10,12H,6-9,18H2,1H3;1H. The van der Waals surface area contributed by atoms with Gasteiger partial charge in [-0.05, 0) is 55.3 Å². The first-order chi connectivity index (χ1) is 9.33. The van der Waals surface area contributed by atoms with Crippen molar-refractivity contribution < 1.29 is 13.2 Å². The highest BCUT2D eigenvalue weighted by Crippen LogP contribution is 2.36. The third-order valence-electron chi connectivity index (χ3n) is 3.62. The van der Waals surface area contributed by atoms with Gasteiger partial charge in [-0.3, -0.25) is 4.90 Å². The molecule has 2 N–H and O–H groups in total. The van der Waals surface area contributed by atoms with E-state index in [1.54, 1.807) is 12.1 Å². The molecule has 1 heterocycles. The fourth-order valence-electron chi connectivity index (χ4n) is 2.49. The Labute approximate surface area is 133 Å². The van der Waals surface area contributed by atoms with E-state index >= 15 is 0 Å². The summed E-state index contributed by atoms with van der Waals surface area (Å²) in [6.45, 7) is 4.78. The molecule has 0 aliphatic carbocycles. The van der Waals surface area contributed by atoms with Gasteiger partial charge in [0.1, 0.15) is 0 Å². The summed E-state index contributed by atoms with van der Waals surface area (Å²) in [6.07, 6.45) is 1.10. The first kappa shape index (κ1) is 18.6. The van der Waals surface area contributed by atoms with Crippen molar-refractivity contribution in [2.45, 2.75) is 36.3 Å².